The Morgan fingerprint density at radius 2 is 1.94 bits per heavy atom. The van der Waals surface area contributed by atoms with Crippen LogP contribution in [-0.4, -0.2) is 59.6 Å². The van der Waals surface area contributed by atoms with E-state index in [0.717, 1.165) is 22.6 Å². The van der Waals surface area contributed by atoms with Crippen LogP contribution in [0.25, 0.3) is 0 Å². The minimum Gasteiger partial charge on any atom is -0.497 e. The maximum atomic E-state index is 12.2. The second-order valence-electron chi connectivity index (χ2n) is 7.46. The van der Waals surface area contributed by atoms with Crippen molar-refractivity contribution in [3.05, 3.63) is 46.8 Å². The minimum atomic E-state index is -0.274. The molecule has 0 spiro atoms. The molecule has 9 nitrogen and oxygen atoms in total. The fourth-order valence-corrected chi connectivity index (χ4v) is 3.69. The van der Waals surface area contributed by atoms with Gasteiger partial charge in [-0.1, -0.05) is 12.1 Å². The molecule has 2 heterocycles. The molecular weight excluding hydrogens is 398 g/mol. The molecule has 31 heavy (non-hydrogen) atoms. The number of carbonyl (C=O) groups is 3. The van der Waals surface area contributed by atoms with Crippen LogP contribution in [0, 0.1) is 0 Å². The third kappa shape index (κ3) is 5.42. The van der Waals surface area contributed by atoms with Crippen LogP contribution in [-0.2, 0) is 35.5 Å². The molecule has 0 bridgehead atoms. The standard InChI is InChI=1S/C22H29N5O4/c1-15(28)26-12-10-19-18(14-26)21(22(30)23-2)25-27(19)13-11-24-20(29)9-6-16-4-7-17(31-3)8-5-16/h4-5,7-8H,6,9-14H2,1-3H3,(H,23,30)(H,24,29). The summed E-state index contributed by atoms with van der Waals surface area (Å²) in [5, 5.41) is 9.99. The van der Waals surface area contributed by atoms with Crippen LogP contribution in [0.3, 0.4) is 0 Å². The molecule has 1 aliphatic heterocycles. The van der Waals surface area contributed by atoms with Crippen molar-refractivity contribution in [1.82, 2.24) is 25.3 Å². The highest BCUT2D eigenvalue weighted by molar-refractivity contribution is 5.94. The van der Waals surface area contributed by atoms with Crippen molar-refractivity contribution >= 4 is 17.7 Å². The van der Waals surface area contributed by atoms with E-state index in [9.17, 15) is 14.4 Å². The van der Waals surface area contributed by atoms with E-state index in [-0.39, 0.29) is 17.7 Å². The summed E-state index contributed by atoms with van der Waals surface area (Å²) in [6.07, 6.45) is 1.67. The fourth-order valence-electron chi connectivity index (χ4n) is 3.69. The monoisotopic (exact) mass is 427 g/mol. The molecule has 2 aromatic rings. The zero-order chi connectivity index (χ0) is 22.4. The maximum Gasteiger partial charge on any atom is 0.271 e. The number of hydrogen-bond acceptors (Lipinski definition) is 5. The van der Waals surface area contributed by atoms with E-state index in [4.69, 9.17) is 4.74 Å². The van der Waals surface area contributed by atoms with Gasteiger partial charge in [-0.15, -0.1) is 0 Å². The molecule has 3 rings (SSSR count). The number of rotatable bonds is 8. The molecule has 166 valence electrons. The van der Waals surface area contributed by atoms with Crippen molar-refractivity contribution in [3.63, 3.8) is 0 Å². The molecule has 0 radical (unpaired) electrons. The molecule has 0 saturated heterocycles. The van der Waals surface area contributed by atoms with Gasteiger partial charge in [0.1, 0.15) is 5.75 Å². The van der Waals surface area contributed by atoms with Gasteiger partial charge in [-0.2, -0.15) is 5.10 Å². The predicted octanol–water partition coefficient (Wildman–Crippen LogP) is 0.905. The number of hydrogen-bond donors (Lipinski definition) is 2. The average molecular weight is 428 g/mol. The quantitative estimate of drug-likeness (QED) is 0.651. The first-order valence-electron chi connectivity index (χ1n) is 10.4. The lowest BCUT2D eigenvalue weighted by Gasteiger charge is -2.26. The average Bonchev–Trinajstić information content (AvgIpc) is 3.15. The van der Waals surface area contributed by atoms with Gasteiger partial charge < -0.3 is 20.3 Å². The summed E-state index contributed by atoms with van der Waals surface area (Å²) in [7, 11) is 3.18. The van der Waals surface area contributed by atoms with Crippen molar-refractivity contribution in [2.45, 2.75) is 39.3 Å². The molecule has 1 aromatic heterocycles. The summed E-state index contributed by atoms with van der Waals surface area (Å²) in [5.41, 5.74) is 3.15. The molecule has 0 saturated carbocycles. The second-order valence-corrected chi connectivity index (χ2v) is 7.46. The van der Waals surface area contributed by atoms with Gasteiger partial charge >= 0.3 is 0 Å². The lowest BCUT2D eigenvalue weighted by Crippen LogP contribution is -2.36. The van der Waals surface area contributed by atoms with Crippen LogP contribution in [0.2, 0.25) is 0 Å². The van der Waals surface area contributed by atoms with Gasteiger partial charge in [-0.25, -0.2) is 0 Å². The second kappa shape index (κ2) is 10.1. The van der Waals surface area contributed by atoms with Crippen LogP contribution in [0.4, 0.5) is 0 Å². The fraction of sp³-hybridized carbons (Fsp3) is 0.455. The van der Waals surface area contributed by atoms with Crippen molar-refractivity contribution in [2.24, 2.45) is 0 Å². The molecule has 0 fully saturated rings. The van der Waals surface area contributed by atoms with E-state index in [1.165, 1.54) is 6.92 Å². The smallest absolute Gasteiger partial charge is 0.271 e. The van der Waals surface area contributed by atoms with Crippen LogP contribution in [0.1, 0.15) is 40.7 Å². The number of aromatic nitrogens is 2. The number of benzene rings is 1. The van der Waals surface area contributed by atoms with Crippen LogP contribution in [0.5, 0.6) is 5.75 Å². The van der Waals surface area contributed by atoms with Crippen LogP contribution < -0.4 is 15.4 Å². The van der Waals surface area contributed by atoms with Crippen LogP contribution >= 0.6 is 0 Å². The minimum absolute atomic E-state index is 0.0228. The van der Waals surface area contributed by atoms with Crippen molar-refractivity contribution in [1.29, 1.82) is 0 Å². The third-order valence-corrected chi connectivity index (χ3v) is 5.47. The number of fused-ring (bicyclic) bond motifs is 1. The SMILES string of the molecule is CNC(=O)c1nn(CCNC(=O)CCc2ccc(OC)cc2)c2c1CN(C(C)=O)CC2. The van der Waals surface area contributed by atoms with Gasteiger partial charge in [0, 0.05) is 57.7 Å². The Hall–Kier alpha value is -3.36. The molecule has 2 N–H and O–H groups in total. The summed E-state index contributed by atoms with van der Waals surface area (Å²) in [6, 6.07) is 7.66. The summed E-state index contributed by atoms with van der Waals surface area (Å²) < 4.78 is 6.92. The highest BCUT2D eigenvalue weighted by Crippen LogP contribution is 2.23. The van der Waals surface area contributed by atoms with Gasteiger partial charge in [-0.05, 0) is 24.1 Å². The maximum absolute atomic E-state index is 12.2. The lowest BCUT2D eigenvalue weighted by molar-refractivity contribution is -0.129. The lowest BCUT2D eigenvalue weighted by atomic mass is 10.0. The number of methoxy groups -OCH3 is 1. The Labute approximate surface area is 181 Å². The predicted molar refractivity (Wildman–Crippen MR) is 115 cm³/mol. The highest BCUT2D eigenvalue weighted by atomic mass is 16.5. The van der Waals surface area contributed by atoms with E-state index in [2.05, 4.69) is 15.7 Å². The Balaban J connectivity index is 1.56. The van der Waals surface area contributed by atoms with Gasteiger partial charge in [0.15, 0.2) is 5.69 Å². The Bertz CT molecular complexity index is 952. The molecule has 3 amide bonds. The first-order valence-corrected chi connectivity index (χ1v) is 10.4. The number of nitrogens with zero attached hydrogens (tertiary/aromatic N) is 3. The molecule has 0 atom stereocenters. The Kier molecular flexibility index (Phi) is 7.28. The Morgan fingerprint density at radius 1 is 1.19 bits per heavy atom. The molecule has 1 aliphatic rings. The van der Waals surface area contributed by atoms with E-state index in [0.29, 0.717) is 51.1 Å². The van der Waals surface area contributed by atoms with E-state index < -0.39 is 0 Å². The zero-order valence-electron chi connectivity index (χ0n) is 18.2. The van der Waals surface area contributed by atoms with E-state index in [1.807, 2.05) is 24.3 Å². The van der Waals surface area contributed by atoms with Crippen molar-refractivity contribution in [2.75, 3.05) is 27.2 Å². The van der Waals surface area contributed by atoms with E-state index in [1.54, 1.807) is 23.7 Å². The summed E-state index contributed by atoms with van der Waals surface area (Å²) in [5.74, 6) is 0.457. The largest absolute Gasteiger partial charge is 0.497 e. The first-order chi connectivity index (χ1) is 14.9. The Morgan fingerprint density at radius 3 is 2.58 bits per heavy atom. The zero-order valence-corrected chi connectivity index (χ0v) is 18.2. The highest BCUT2D eigenvalue weighted by Gasteiger charge is 2.28. The van der Waals surface area contributed by atoms with Gasteiger partial charge in [-0.3, -0.25) is 19.1 Å². The number of ether oxygens (including phenoxy) is 1. The summed E-state index contributed by atoms with van der Waals surface area (Å²) in [6.45, 7) is 3.38. The van der Waals surface area contributed by atoms with Gasteiger partial charge in [0.2, 0.25) is 11.8 Å². The van der Waals surface area contributed by atoms with E-state index >= 15 is 0 Å². The molecule has 0 aliphatic carbocycles. The summed E-state index contributed by atoms with van der Waals surface area (Å²) >= 11 is 0. The number of amides is 3. The van der Waals surface area contributed by atoms with Crippen LogP contribution in [0.15, 0.2) is 24.3 Å². The topological polar surface area (TPSA) is 106 Å². The first kappa shape index (κ1) is 22.3. The summed E-state index contributed by atoms with van der Waals surface area (Å²) in [4.78, 5) is 37.9. The van der Waals surface area contributed by atoms with Gasteiger partial charge in [0.05, 0.1) is 13.7 Å². The third-order valence-electron chi connectivity index (χ3n) is 5.47. The molecule has 1 aromatic carbocycles. The number of aryl methyl sites for hydroxylation is 1. The molecule has 0 unspecified atom stereocenters. The number of nitrogens with one attached hydrogen (secondary N) is 2. The normalized spacial score (nSPS) is 12.8. The molecule has 9 heteroatoms. The van der Waals surface area contributed by atoms with Crippen molar-refractivity contribution < 1.29 is 19.1 Å². The molecular formula is C22H29N5O4. The van der Waals surface area contributed by atoms with Crippen molar-refractivity contribution in [3.8, 4) is 5.75 Å². The van der Waals surface area contributed by atoms with Gasteiger partial charge in [0.25, 0.3) is 5.91 Å². The number of carbonyl (C=O) groups excluding carboxylic acids is 3.